The third-order valence-corrected chi connectivity index (χ3v) is 5.82. The van der Waals surface area contributed by atoms with Crippen molar-refractivity contribution in [2.75, 3.05) is 27.2 Å². The first kappa shape index (κ1) is 20.9. The van der Waals surface area contributed by atoms with E-state index >= 15 is 0 Å². The summed E-state index contributed by atoms with van der Waals surface area (Å²) in [6.45, 7) is 4.75. The van der Waals surface area contributed by atoms with Gasteiger partial charge in [0.05, 0.1) is 6.54 Å². The molecular weight excluding hydrogens is 390 g/mol. The van der Waals surface area contributed by atoms with E-state index in [0.29, 0.717) is 18.9 Å². The first-order valence-electron chi connectivity index (χ1n) is 10.6. The molecule has 1 unspecified atom stereocenters. The van der Waals surface area contributed by atoms with Crippen molar-refractivity contribution >= 4 is 23.6 Å². The minimum atomic E-state index is -0.539. The number of fused-ring (bicyclic) bond motifs is 1. The van der Waals surface area contributed by atoms with Gasteiger partial charge in [0.2, 0.25) is 0 Å². The van der Waals surface area contributed by atoms with Crippen LogP contribution in [0.3, 0.4) is 0 Å². The Balaban J connectivity index is 1.65. The summed E-state index contributed by atoms with van der Waals surface area (Å²) < 4.78 is 2.01. The summed E-state index contributed by atoms with van der Waals surface area (Å²) in [5.74, 6) is 1.11. The Labute approximate surface area is 182 Å². The average Bonchev–Trinajstić information content (AvgIpc) is 3.16. The first-order chi connectivity index (χ1) is 15.0. The van der Waals surface area contributed by atoms with Crippen LogP contribution >= 0.6 is 0 Å². The van der Waals surface area contributed by atoms with E-state index in [9.17, 15) is 9.59 Å². The van der Waals surface area contributed by atoms with Crippen LogP contribution in [0.2, 0.25) is 0 Å². The molecule has 0 bridgehead atoms. The van der Waals surface area contributed by atoms with Crippen LogP contribution in [0.15, 0.2) is 65.7 Å². The smallest absolute Gasteiger partial charge is 0.284 e. The zero-order valence-electron chi connectivity index (χ0n) is 18.2. The number of imide groups is 1. The van der Waals surface area contributed by atoms with Gasteiger partial charge in [-0.2, -0.15) is 0 Å². The number of urea groups is 1. The molecule has 2 aliphatic rings. The molecule has 1 saturated heterocycles. The molecule has 4 rings (SSSR count). The number of amides is 3. The molecule has 0 saturated carbocycles. The van der Waals surface area contributed by atoms with Gasteiger partial charge >= 0.3 is 11.9 Å². The van der Waals surface area contributed by atoms with E-state index in [1.165, 1.54) is 28.0 Å². The lowest BCUT2D eigenvalue weighted by molar-refractivity contribution is -0.532. The summed E-state index contributed by atoms with van der Waals surface area (Å²) in [7, 11) is 3.21. The summed E-state index contributed by atoms with van der Waals surface area (Å²) >= 11 is 0. The van der Waals surface area contributed by atoms with Gasteiger partial charge in [-0.1, -0.05) is 60.7 Å². The molecule has 0 aromatic heterocycles. The summed E-state index contributed by atoms with van der Waals surface area (Å²) in [6, 6.07) is 19.8. The molecule has 0 radical (unpaired) electrons. The van der Waals surface area contributed by atoms with Crippen molar-refractivity contribution < 1.29 is 14.2 Å². The number of aliphatic imine (C=N–C) groups is 1. The lowest BCUT2D eigenvalue weighted by atomic mass is 10.1. The number of nitrogens with zero attached hydrogens (tertiary/aromatic N) is 5. The molecule has 0 spiro atoms. The van der Waals surface area contributed by atoms with Gasteiger partial charge in [-0.05, 0) is 23.0 Å². The number of carbonyl (C=O) groups is 2. The van der Waals surface area contributed by atoms with Gasteiger partial charge in [0.1, 0.15) is 6.54 Å². The van der Waals surface area contributed by atoms with Crippen molar-refractivity contribution in [2.24, 2.45) is 4.99 Å². The monoisotopic (exact) mass is 418 g/mol. The van der Waals surface area contributed by atoms with E-state index in [4.69, 9.17) is 4.99 Å². The van der Waals surface area contributed by atoms with Gasteiger partial charge in [-0.25, -0.2) is 9.37 Å². The Hall–Kier alpha value is -3.32. The highest BCUT2D eigenvalue weighted by Crippen LogP contribution is 2.20. The van der Waals surface area contributed by atoms with Gasteiger partial charge < -0.3 is 0 Å². The molecule has 7 heteroatoms. The highest BCUT2D eigenvalue weighted by atomic mass is 16.2. The van der Waals surface area contributed by atoms with Crippen LogP contribution in [0.25, 0.3) is 0 Å². The highest BCUT2D eigenvalue weighted by molar-refractivity contribution is 6.23. The van der Waals surface area contributed by atoms with E-state index in [1.807, 2.05) is 47.9 Å². The molecular formula is C24H28N5O2+. The minimum Gasteiger partial charge on any atom is -0.284 e. The van der Waals surface area contributed by atoms with Gasteiger partial charge in [0, 0.05) is 27.2 Å². The number of rotatable bonds is 7. The summed E-state index contributed by atoms with van der Waals surface area (Å²) in [5, 5.41) is 0. The molecule has 0 N–H and O–H groups in total. The molecule has 1 fully saturated rings. The molecule has 2 heterocycles. The fraction of sp³-hybridized carbons (Fsp3) is 0.333. The van der Waals surface area contributed by atoms with Crippen LogP contribution in [0.5, 0.6) is 0 Å². The number of benzene rings is 2. The maximum absolute atomic E-state index is 12.9. The van der Waals surface area contributed by atoms with Gasteiger partial charge in [-0.15, -0.1) is 0 Å². The number of hydrogen-bond acceptors (Lipinski definition) is 4. The fourth-order valence-electron chi connectivity index (χ4n) is 4.19. The number of hydrogen-bond donors (Lipinski definition) is 0. The Kier molecular flexibility index (Phi) is 5.95. The number of amidine groups is 2. The standard InChI is InChI=1S/C24H28N5O2/c1-4-29-20(25-22-21(29)23(30)27(3)24(31)26(22)2)17-28(15-18-11-7-5-8-12-18)16-19-13-9-6-10-14-19/h5-14,21H,4,15-17H2,1-3H3/q+1. The second-order valence-electron chi connectivity index (χ2n) is 7.93. The van der Waals surface area contributed by atoms with Gasteiger partial charge in [-0.3, -0.25) is 19.5 Å². The van der Waals surface area contributed by atoms with E-state index in [0.717, 1.165) is 18.9 Å². The van der Waals surface area contributed by atoms with Crippen LogP contribution in [0.1, 0.15) is 18.1 Å². The van der Waals surface area contributed by atoms with Crippen LogP contribution in [-0.2, 0) is 17.9 Å². The predicted molar refractivity (Wildman–Crippen MR) is 120 cm³/mol. The molecule has 3 amide bonds. The Morgan fingerprint density at radius 3 is 1.94 bits per heavy atom. The van der Waals surface area contributed by atoms with Crippen LogP contribution in [-0.4, -0.2) is 76.1 Å². The van der Waals surface area contributed by atoms with Crippen molar-refractivity contribution in [1.82, 2.24) is 14.7 Å². The van der Waals surface area contributed by atoms with Crippen molar-refractivity contribution in [1.29, 1.82) is 0 Å². The Bertz CT molecular complexity index is 991. The summed E-state index contributed by atoms with van der Waals surface area (Å²) in [6.07, 6.45) is 0. The van der Waals surface area contributed by atoms with Crippen molar-refractivity contribution in [3.05, 3.63) is 71.8 Å². The quantitative estimate of drug-likeness (QED) is 0.649. The fourth-order valence-corrected chi connectivity index (χ4v) is 4.19. The molecule has 2 aromatic carbocycles. The minimum absolute atomic E-state index is 0.226. The van der Waals surface area contributed by atoms with E-state index in [1.54, 1.807) is 7.05 Å². The lowest BCUT2D eigenvalue weighted by Crippen LogP contribution is -2.61. The molecule has 2 aliphatic heterocycles. The number of likely N-dealkylation sites (N-methyl/N-ethyl adjacent to an activating group) is 3. The Morgan fingerprint density at radius 2 is 1.42 bits per heavy atom. The molecule has 160 valence electrons. The van der Waals surface area contributed by atoms with Crippen molar-refractivity contribution in [3.8, 4) is 0 Å². The third kappa shape index (κ3) is 4.14. The zero-order valence-corrected chi connectivity index (χ0v) is 18.2. The van der Waals surface area contributed by atoms with Crippen LogP contribution < -0.4 is 0 Å². The lowest BCUT2D eigenvalue weighted by Gasteiger charge is -2.30. The van der Waals surface area contributed by atoms with E-state index in [-0.39, 0.29) is 11.9 Å². The van der Waals surface area contributed by atoms with Crippen molar-refractivity contribution in [3.63, 3.8) is 0 Å². The topological polar surface area (TPSA) is 59.2 Å². The molecule has 31 heavy (non-hydrogen) atoms. The van der Waals surface area contributed by atoms with E-state index < -0.39 is 6.04 Å². The SMILES string of the molecule is CC[N+]1=C(CN(Cc2ccccc2)Cc2ccccc2)N=C2C1C(=O)N(C)C(=O)N2C. The molecule has 1 atom stereocenters. The van der Waals surface area contributed by atoms with Crippen LogP contribution in [0, 0.1) is 0 Å². The average molecular weight is 419 g/mol. The zero-order chi connectivity index (χ0) is 22.0. The second kappa shape index (κ2) is 8.81. The first-order valence-corrected chi connectivity index (χ1v) is 10.6. The second-order valence-corrected chi connectivity index (χ2v) is 7.93. The van der Waals surface area contributed by atoms with Gasteiger partial charge in [0.15, 0.2) is 0 Å². The number of carbonyl (C=O) groups excluding carboxylic acids is 2. The van der Waals surface area contributed by atoms with E-state index in [2.05, 4.69) is 29.2 Å². The highest BCUT2D eigenvalue weighted by Gasteiger charge is 2.52. The largest absolute Gasteiger partial charge is 0.333 e. The predicted octanol–water partition coefficient (Wildman–Crippen LogP) is 2.42. The molecule has 7 nitrogen and oxygen atoms in total. The van der Waals surface area contributed by atoms with Crippen molar-refractivity contribution in [2.45, 2.75) is 26.1 Å². The summed E-state index contributed by atoms with van der Waals surface area (Å²) in [5.41, 5.74) is 2.43. The normalized spacial score (nSPS) is 18.7. The maximum atomic E-state index is 12.9. The molecule has 2 aromatic rings. The third-order valence-electron chi connectivity index (χ3n) is 5.82. The van der Waals surface area contributed by atoms with Crippen LogP contribution in [0.4, 0.5) is 4.79 Å². The van der Waals surface area contributed by atoms with Gasteiger partial charge in [0.25, 0.3) is 17.8 Å². The summed E-state index contributed by atoms with van der Waals surface area (Å²) in [4.78, 5) is 35.0. The molecule has 0 aliphatic carbocycles. The Morgan fingerprint density at radius 1 is 0.871 bits per heavy atom. The maximum Gasteiger partial charge on any atom is 0.333 e.